The predicted molar refractivity (Wildman–Crippen MR) is 124 cm³/mol. The van der Waals surface area contributed by atoms with E-state index in [1.807, 2.05) is 30.3 Å². The monoisotopic (exact) mass is 521 g/mol. The van der Waals surface area contributed by atoms with Crippen molar-refractivity contribution in [1.29, 1.82) is 0 Å². The van der Waals surface area contributed by atoms with Crippen molar-refractivity contribution in [2.24, 2.45) is 0 Å². The van der Waals surface area contributed by atoms with Crippen molar-refractivity contribution in [1.82, 2.24) is 0 Å². The number of benzene rings is 2. The van der Waals surface area contributed by atoms with Crippen LogP contribution in [0.2, 0.25) is 5.02 Å². The molecule has 0 aliphatic carbocycles. The second kappa shape index (κ2) is 10.6. The molecule has 0 aliphatic rings. The highest BCUT2D eigenvalue weighted by atomic mass is 79.9. The van der Waals surface area contributed by atoms with Gasteiger partial charge in [0.25, 0.3) is 5.91 Å². The van der Waals surface area contributed by atoms with Crippen molar-refractivity contribution in [3.05, 3.63) is 74.5 Å². The summed E-state index contributed by atoms with van der Waals surface area (Å²) < 4.78 is 10.9. The Labute approximate surface area is 196 Å². The van der Waals surface area contributed by atoms with Gasteiger partial charge < -0.3 is 14.8 Å². The summed E-state index contributed by atoms with van der Waals surface area (Å²) in [4.78, 5) is 37.2. The Balaban J connectivity index is 1.75. The quantitative estimate of drug-likeness (QED) is 0.396. The molecule has 1 heterocycles. The van der Waals surface area contributed by atoms with E-state index in [-0.39, 0.29) is 22.8 Å². The summed E-state index contributed by atoms with van der Waals surface area (Å²) >= 11 is 10.5. The molecular weight excluding hydrogens is 506 g/mol. The second-order valence-electron chi connectivity index (χ2n) is 6.19. The van der Waals surface area contributed by atoms with Gasteiger partial charge in [-0.3, -0.25) is 4.79 Å². The van der Waals surface area contributed by atoms with Crippen molar-refractivity contribution >= 4 is 61.7 Å². The highest BCUT2D eigenvalue weighted by Crippen LogP contribution is 2.36. The van der Waals surface area contributed by atoms with Crippen LogP contribution in [0.3, 0.4) is 0 Å². The van der Waals surface area contributed by atoms with Gasteiger partial charge in [0.2, 0.25) is 0 Å². The third kappa shape index (κ3) is 5.72. The van der Waals surface area contributed by atoms with Crippen molar-refractivity contribution < 1.29 is 23.9 Å². The number of rotatable bonds is 7. The van der Waals surface area contributed by atoms with Crippen molar-refractivity contribution in [3.8, 4) is 11.1 Å². The number of thiophene rings is 1. The van der Waals surface area contributed by atoms with Crippen LogP contribution in [0.1, 0.15) is 27.6 Å². The molecule has 0 saturated heterocycles. The Morgan fingerprint density at radius 1 is 1.06 bits per heavy atom. The van der Waals surface area contributed by atoms with Gasteiger partial charge in [-0.2, -0.15) is 0 Å². The minimum absolute atomic E-state index is 0.138. The lowest BCUT2D eigenvalue weighted by molar-refractivity contribution is -0.119. The molecule has 9 heteroatoms. The van der Waals surface area contributed by atoms with Crippen LogP contribution in [0, 0.1) is 0 Å². The molecule has 3 rings (SSSR count). The Hall–Kier alpha value is -2.68. The molecule has 0 radical (unpaired) electrons. The Morgan fingerprint density at radius 2 is 1.81 bits per heavy atom. The molecule has 0 fully saturated rings. The fourth-order valence-corrected chi connectivity index (χ4v) is 4.24. The smallest absolute Gasteiger partial charge is 0.341 e. The normalized spacial score (nSPS) is 10.4. The van der Waals surface area contributed by atoms with Crippen LogP contribution in [0.25, 0.3) is 11.1 Å². The third-order valence-corrected chi connectivity index (χ3v) is 5.81. The molecule has 6 nitrogen and oxygen atoms in total. The molecule has 0 spiro atoms. The van der Waals surface area contributed by atoms with Crippen LogP contribution in [0.4, 0.5) is 5.00 Å². The lowest BCUT2D eigenvalue weighted by Crippen LogP contribution is -2.22. The molecule has 1 aromatic heterocycles. The Kier molecular flexibility index (Phi) is 7.84. The van der Waals surface area contributed by atoms with Crippen LogP contribution in [0.5, 0.6) is 0 Å². The van der Waals surface area contributed by atoms with E-state index in [0.717, 1.165) is 5.56 Å². The summed E-state index contributed by atoms with van der Waals surface area (Å²) in [5.74, 6) is -1.87. The highest BCUT2D eigenvalue weighted by Gasteiger charge is 2.23. The molecule has 2 aromatic carbocycles. The van der Waals surface area contributed by atoms with Crippen LogP contribution >= 0.6 is 38.9 Å². The number of carbonyl (C=O) groups excluding carboxylic acids is 3. The van der Waals surface area contributed by atoms with E-state index in [4.69, 9.17) is 21.1 Å². The SMILES string of the molecule is CCOC(=O)c1c(-c2ccccc2)csc1NC(=O)COC(=O)c1cc(Br)ccc1Cl. The maximum absolute atomic E-state index is 12.6. The maximum atomic E-state index is 12.6. The van der Waals surface area contributed by atoms with E-state index in [9.17, 15) is 14.4 Å². The predicted octanol–water partition coefficient (Wildman–Crippen LogP) is 5.80. The summed E-state index contributed by atoms with van der Waals surface area (Å²) in [5, 5.41) is 4.93. The van der Waals surface area contributed by atoms with Gasteiger partial charge in [-0.05, 0) is 30.7 Å². The minimum Gasteiger partial charge on any atom is -0.462 e. The summed E-state index contributed by atoms with van der Waals surface area (Å²) in [6.45, 7) is 1.36. The van der Waals surface area contributed by atoms with Gasteiger partial charge in [-0.25, -0.2) is 9.59 Å². The number of hydrogen-bond donors (Lipinski definition) is 1. The summed E-state index contributed by atoms with van der Waals surface area (Å²) in [7, 11) is 0. The van der Waals surface area contributed by atoms with Crippen molar-refractivity contribution in [2.75, 3.05) is 18.5 Å². The second-order valence-corrected chi connectivity index (χ2v) is 8.39. The van der Waals surface area contributed by atoms with Gasteiger partial charge in [0.05, 0.1) is 17.2 Å². The van der Waals surface area contributed by atoms with E-state index in [1.165, 1.54) is 17.4 Å². The van der Waals surface area contributed by atoms with E-state index in [0.29, 0.717) is 15.0 Å². The summed E-state index contributed by atoms with van der Waals surface area (Å²) in [5.41, 5.74) is 1.86. The molecule has 0 aliphatic heterocycles. The number of nitrogens with one attached hydrogen (secondary N) is 1. The zero-order valence-corrected chi connectivity index (χ0v) is 19.5. The number of anilines is 1. The first-order valence-electron chi connectivity index (χ1n) is 9.16. The number of ether oxygens (including phenoxy) is 2. The number of amides is 1. The summed E-state index contributed by atoms with van der Waals surface area (Å²) in [6.07, 6.45) is 0. The van der Waals surface area contributed by atoms with E-state index in [1.54, 1.807) is 24.4 Å². The molecule has 1 amide bonds. The van der Waals surface area contributed by atoms with Gasteiger partial charge in [-0.1, -0.05) is 57.9 Å². The van der Waals surface area contributed by atoms with Crippen molar-refractivity contribution in [3.63, 3.8) is 0 Å². The van der Waals surface area contributed by atoms with Crippen LogP contribution in [-0.4, -0.2) is 31.1 Å². The zero-order chi connectivity index (χ0) is 22.4. The first-order chi connectivity index (χ1) is 14.9. The lowest BCUT2D eigenvalue weighted by Gasteiger charge is -2.10. The van der Waals surface area contributed by atoms with Crippen molar-refractivity contribution in [2.45, 2.75) is 6.92 Å². The standard InChI is InChI=1S/C22H17BrClNO5S/c1-2-29-22(28)19-16(13-6-4-3-5-7-13)12-31-20(19)25-18(26)11-30-21(27)15-10-14(23)8-9-17(15)24/h3-10,12H,2,11H2,1H3,(H,25,26). The fraction of sp³-hybridized carbons (Fsp3) is 0.136. The first-order valence-corrected chi connectivity index (χ1v) is 11.2. The highest BCUT2D eigenvalue weighted by molar-refractivity contribution is 9.10. The number of halogens is 2. The fourth-order valence-electron chi connectivity index (χ4n) is 2.71. The number of esters is 2. The molecular formula is C22H17BrClNO5S. The Morgan fingerprint density at radius 3 is 2.52 bits per heavy atom. The van der Waals surface area contributed by atoms with Gasteiger partial charge in [-0.15, -0.1) is 11.3 Å². The van der Waals surface area contributed by atoms with Gasteiger partial charge in [0.15, 0.2) is 6.61 Å². The summed E-state index contributed by atoms with van der Waals surface area (Å²) in [6, 6.07) is 14.0. The number of carbonyl (C=O) groups is 3. The average molecular weight is 523 g/mol. The average Bonchev–Trinajstić information content (AvgIpc) is 3.18. The first kappa shape index (κ1) is 23.0. The molecule has 0 unspecified atom stereocenters. The number of hydrogen-bond acceptors (Lipinski definition) is 6. The van der Waals surface area contributed by atoms with Crippen LogP contribution in [0.15, 0.2) is 58.4 Å². The molecule has 0 saturated carbocycles. The lowest BCUT2D eigenvalue weighted by atomic mass is 10.0. The largest absolute Gasteiger partial charge is 0.462 e. The van der Waals surface area contributed by atoms with E-state index in [2.05, 4.69) is 21.2 Å². The zero-order valence-electron chi connectivity index (χ0n) is 16.3. The van der Waals surface area contributed by atoms with Crippen LogP contribution in [-0.2, 0) is 14.3 Å². The molecule has 31 heavy (non-hydrogen) atoms. The van der Waals surface area contributed by atoms with E-state index >= 15 is 0 Å². The minimum atomic E-state index is -0.733. The van der Waals surface area contributed by atoms with E-state index < -0.39 is 24.5 Å². The van der Waals surface area contributed by atoms with Gasteiger partial charge in [0, 0.05) is 15.4 Å². The topological polar surface area (TPSA) is 81.7 Å². The molecule has 160 valence electrons. The van der Waals surface area contributed by atoms with Gasteiger partial charge >= 0.3 is 11.9 Å². The van der Waals surface area contributed by atoms with Gasteiger partial charge in [0.1, 0.15) is 10.6 Å². The Bertz CT molecular complexity index is 1120. The molecule has 0 atom stereocenters. The molecule has 3 aromatic rings. The van der Waals surface area contributed by atoms with Crippen LogP contribution < -0.4 is 5.32 Å². The third-order valence-electron chi connectivity index (χ3n) is 4.09. The maximum Gasteiger partial charge on any atom is 0.341 e. The molecule has 0 bridgehead atoms. The molecule has 1 N–H and O–H groups in total.